The molecule has 1 saturated heterocycles. The van der Waals surface area contributed by atoms with E-state index in [1.165, 1.54) is 20.1 Å². The van der Waals surface area contributed by atoms with E-state index in [-0.39, 0.29) is 37.9 Å². The maximum absolute atomic E-state index is 12.7. The highest BCUT2D eigenvalue weighted by Gasteiger charge is 2.68. The lowest BCUT2D eigenvalue weighted by atomic mass is 9.85. The Morgan fingerprint density at radius 3 is 2.35 bits per heavy atom. The highest BCUT2D eigenvalue weighted by atomic mass is 16.7. The summed E-state index contributed by atoms with van der Waals surface area (Å²) in [5.41, 5.74) is -0.770. The van der Waals surface area contributed by atoms with Crippen LogP contribution in [0.15, 0.2) is 23.5 Å². The summed E-state index contributed by atoms with van der Waals surface area (Å²) < 4.78 is 33.1. The SMILES string of the molecule is CC(=O)OCC1=COC(OC(=O)CC(C)(C)OC(C)=O)C2C1=CC(OC(=O)CC(C)C)C21CO1. The highest BCUT2D eigenvalue weighted by Crippen LogP contribution is 2.54. The van der Waals surface area contributed by atoms with Gasteiger partial charge in [-0.1, -0.05) is 13.8 Å². The molecular formula is C24H32O10. The Balaban J connectivity index is 1.81. The van der Waals surface area contributed by atoms with Gasteiger partial charge in [-0.05, 0) is 31.4 Å². The number of ether oxygens (including phenoxy) is 6. The van der Waals surface area contributed by atoms with Crippen molar-refractivity contribution in [2.75, 3.05) is 13.2 Å². The molecule has 1 fully saturated rings. The Bertz CT molecular complexity index is 909. The lowest BCUT2D eigenvalue weighted by molar-refractivity contribution is -0.190. The zero-order valence-corrected chi connectivity index (χ0v) is 20.4. The third-order valence-electron chi connectivity index (χ3n) is 5.64. The number of epoxide rings is 1. The van der Waals surface area contributed by atoms with Crippen molar-refractivity contribution in [3.63, 3.8) is 0 Å². The molecule has 2 aliphatic heterocycles. The van der Waals surface area contributed by atoms with Crippen LogP contribution in [0.2, 0.25) is 0 Å². The summed E-state index contributed by atoms with van der Waals surface area (Å²) in [5, 5.41) is 0. The molecule has 0 aromatic rings. The Kier molecular flexibility index (Phi) is 7.40. The summed E-state index contributed by atoms with van der Waals surface area (Å²) in [4.78, 5) is 47.7. The van der Waals surface area contributed by atoms with Crippen LogP contribution in [0.4, 0.5) is 0 Å². The van der Waals surface area contributed by atoms with Crippen molar-refractivity contribution >= 4 is 23.9 Å². The molecule has 0 bridgehead atoms. The van der Waals surface area contributed by atoms with E-state index in [1.807, 2.05) is 13.8 Å². The Hall–Kier alpha value is -2.88. The molecule has 4 atom stereocenters. The molecule has 0 aromatic heterocycles. The first kappa shape index (κ1) is 25.7. The largest absolute Gasteiger partial charge is 0.461 e. The van der Waals surface area contributed by atoms with Crippen LogP contribution < -0.4 is 0 Å². The minimum absolute atomic E-state index is 0.0550. The van der Waals surface area contributed by atoms with Gasteiger partial charge in [-0.15, -0.1) is 0 Å². The third-order valence-corrected chi connectivity index (χ3v) is 5.64. The molecule has 3 aliphatic rings. The summed E-state index contributed by atoms with van der Waals surface area (Å²) in [6, 6.07) is 0. The summed E-state index contributed by atoms with van der Waals surface area (Å²) in [5.74, 6) is -2.45. The molecule has 4 unspecified atom stereocenters. The Morgan fingerprint density at radius 1 is 1.12 bits per heavy atom. The van der Waals surface area contributed by atoms with Crippen molar-refractivity contribution in [1.29, 1.82) is 0 Å². The Labute approximate surface area is 198 Å². The number of hydrogen-bond donors (Lipinski definition) is 0. The second kappa shape index (κ2) is 9.77. The van der Waals surface area contributed by atoms with Crippen LogP contribution in [-0.4, -0.2) is 60.7 Å². The van der Waals surface area contributed by atoms with Crippen LogP contribution in [0, 0.1) is 11.8 Å². The molecule has 0 aromatic carbocycles. The number of fused-ring (bicyclic) bond motifs is 2. The van der Waals surface area contributed by atoms with Gasteiger partial charge in [0.15, 0.2) is 6.10 Å². The molecule has 1 spiro atoms. The fourth-order valence-corrected chi connectivity index (χ4v) is 4.25. The first-order valence-electron chi connectivity index (χ1n) is 11.3. The number of hydrogen-bond acceptors (Lipinski definition) is 10. The molecule has 0 radical (unpaired) electrons. The standard InChI is InChI=1S/C24H32O10/c1-13(2)7-19(27)32-18-8-17-16(10-29-14(3)25)11-30-22(21(17)24(18)12-31-24)33-20(28)9-23(5,6)34-15(4)26/h8,11,13,18,21-22H,7,9-10,12H2,1-6H3. The van der Waals surface area contributed by atoms with E-state index in [1.54, 1.807) is 19.9 Å². The van der Waals surface area contributed by atoms with Gasteiger partial charge in [0.25, 0.3) is 6.29 Å². The van der Waals surface area contributed by atoms with E-state index in [9.17, 15) is 19.2 Å². The van der Waals surface area contributed by atoms with Crippen molar-refractivity contribution < 1.29 is 47.6 Å². The van der Waals surface area contributed by atoms with E-state index >= 15 is 0 Å². The summed E-state index contributed by atoms with van der Waals surface area (Å²) in [7, 11) is 0. The molecule has 2 heterocycles. The molecule has 0 saturated carbocycles. The van der Waals surface area contributed by atoms with Crippen LogP contribution in [-0.2, 0) is 47.6 Å². The van der Waals surface area contributed by atoms with Crippen molar-refractivity contribution in [2.45, 2.75) is 78.0 Å². The van der Waals surface area contributed by atoms with Gasteiger partial charge in [-0.2, -0.15) is 0 Å². The van der Waals surface area contributed by atoms with Crippen molar-refractivity contribution in [3.8, 4) is 0 Å². The number of carbonyl (C=O) groups is 4. The van der Waals surface area contributed by atoms with Crippen LogP contribution in [0.5, 0.6) is 0 Å². The second-order valence-corrected chi connectivity index (χ2v) is 9.80. The molecule has 0 amide bonds. The average Bonchev–Trinajstić information content (AvgIpc) is 3.39. The molecule has 0 N–H and O–H groups in total. The molecule has 34 heavy (non-hydrogen) atoms. The van der Waals surface area contributed by atoms with Gasteiger partial charge in [0.2, 0.25) is 0 Å². The van der Waals surface area contributed by atoms with E-state index in [2.05, 4.69) is 0 Å². The predicted molar refractivity (Wildman–Crippen MR) is 116 cm³/mol. The third kappa shape index (κ3) is 5.97. The van der Waals surface area contributed by atoms with Crippen LogP contribution in [0.1, 0.15) is 54.4 Å². The zero-order valence-electron chi connectivity index (χ0n) is 20.4. The molecule has 188 valence electrons. The van der Waals surface area contributed by atoms with Gasteiger partial charge in [0.05, 0.1) is 25.2 Å². The smallest absolute Gasteiger partial charge is 0.312 e. The molecular weight excluding hydrogens is 448 g/mol. The lowest BCUT2D eigenvalue weighted by Crippen LogP contribution is -2.45. The number of rotatable bonds is 9. The maximum atomic E-state index is 12.7. The number of carbonyl (C=O) groups excluding carboxylic acids is 4. The normalized spacial score (nSPS) is 27.2. The van der Waals surface area contributed by atoms with Gasteiger partial charge in [-0.3, -0.25) is 19.2 Å². The number of esters is 4. The van der Waals surface area contributed by atoms with Gasteiger partial charge in [0.1, 0.15) is 17.8 Å². The molecule has 10 nitrogen and oxygen atoms in total. The lowest BCUT2D eigenvalue weighted by Gasteiger charge is -2.34. The minimum atomic E-state index is -1.07. The maximum Gasteiger partial charge on any atom is 0.312 e. The monoisotopic (exact) mass is 480 g/mol. The van der Waals surface area contributed by atoms with E-state index in [0.29, 0.717) is 11.1 Å². The van der Waals surface area contributed by atoms with Gasteiger partial charge in [-0.25, -0.2) is 0 Å². The Morgan fingerprint density at radius 2 is 1.79 bits per heavy atom. The zero-order chi connectivity index (χ0) is 25.3. The first-order valence-corrected chi connectivity index (χ1v) is 11.3. The minimum Gasteiger partial charge on any atom is -0.461 e. The molecule has 3 rings (SSSR count). The van der Waals surface area contributed by atoms with E-state index in [4.69, 9.17) is 28.4 Å². The fraction of sp³-hybridized carbons (Fsp3) is 0.667. The molecule has 1 aliphatic carbocycles. The second-order valence-electron chi connectivity index (χ2n) is 9.80. The predicted octanol–water partition coefficient (Wildman–Crippen LogP) is 2.35. The van der Waals surface area contributed by atoms with Crippen molar-refractivity contribution in [2.24, 2.45) is 11.8 Å². The first-order chi connectivity index (χ1) is 15.8. The van der Waals surface area contributed by atoms with Gasteiger partial charge < -0.3 is 28.4 Å². The average molecular weight is 481 g/mol. The summed E-state index contributed by atoms with van der Waals surface area (Å²) in [6.45, 7) is 9.81. The van der Waals surface area contributed by atoms with Crippen molar-refractivity contribution in [1.82, 2.24) is 0 Å². The summed E-state index contributed by atoms with van der Waals surface area (Å²) >= 11 is 0. The quantitative estimate of drug-likeness (QED) is 0.276. The summed E-state index contributed by atoms with van der Waals surface area (Å²) in [6.07, 6.45) is 1.40. The fourth-order valence-electron chi connectivity index (χ4n) is 4.25. The molecule has 10 heteroatoms. The van der Waals surface area contributed by atoms with E-state index < -0.39 is 47.4 Å². The van der Waals surface area contributed by atoms with Gasteiger partial charge in [0, 0.05) is 25.8 Å². The van der Waals surface area contributed by atoms with Crippen LogP contribution >= 0.6 is 0 Å². The van der Waals surface area contributed by atoms with E-state index in [0.717, 1.165) is 0 Å². The highest BCUT2D eigenvalue weighted by molar-refractivity contribution is 5.73. The van der Waals surface area contributed by atoms with Crippen molar-refractivity contribution in [3.05, 3.63) is 23.5 Å². The topological polar surface area (TPSA) is 127 Å². The van der Waals surface area contributed by atoms with Crippen LogP contribution in [0.25, 0.3) is 0 Å². The van der Waals surface area contributed by atoms with Crippen LogP contribution in [0.3, 0.4) is 0 Å². The van der Waals surface area contributed by atoms with Gasteiger partial charge >= 0.3 is 23.9 Å².